The number of hydrogen-bond acceptors (Lipinski definition) is 3. The van der Waals surface area contributed by atoms with E-state index in [2.05, 4.69) is 16.7 Å². The lowest BCUT2D eigenvalue weighted by atomic mass is 9.93. The van der Waals surface area contributed by atoms with Crippen molar-refractivity contribution in [1.29, 1.82) is 0 Å². The van der Waals surface area contributed by atoms with E-state index in [0.717, 1.165) is 37.8 Å². The molecule has 196 valence electrons. The summed E-state index contributed by atoms with van der Waals surface area (Å²) < 4.78 is 21.3. The molecule has 1 aliphatic carbocycles. The number of carbonyl (C=O) groups is 2. The maximum Gasteiger partial charge on any atom is 0.254 e. The molecule has 0 N–H and O–H groups in total. The van der Waals surface area contributed by atoms with Crippen molar-refractivity contribution in [2.45, 2.75) is 51.2 Å². The molecule has 0 bridgehead atoms. The Balaban J connectivity index is 1.53. The van der Waals surface area contributed by atoms with Gasteiger partial charge >= 0.3 is 0 Å². The van der Waals surface area contributed by atoms with E-state index < -0.39 is 5.82 Å². The molecule has 0 radical (unpaired) electrons. The average molecular weight is 506 g/mol. The highest BCUT2D eigenvalue weighted by Crippen LogP contribution is 2.25. The van der Waals surface area contributed by atoms with Gasteiger partial charge in [0.15, 0.2) is 0 Å². The van der Waals surface area contributed by atoms with Crippen molar-refractivity contribution in [2.75, 3.05) is 26.8 Å². The topological polar surface area (TPSA) is 54.8 Å². The van der Waals surface area contributed by atoms with Crippen LogP contribution in [0, 0.1) is 5.82 Å². The second kappa shape index (κ2) is 13.2. The molecule has 1 heterocycles. The standard InChI is InChI=1S/C30H36FN3O3/c1-37-19-18-33(22-28-16-9-17-32(28)21-24-10-4-2-5-11-24)29(35)23-34(27-14-6-3-7-15-27)30(36)25-12-8-13-26(31)20-25/h2,4-5,8-13,16-17,20,27H,3,6-7,14-15,18-19,21-23H2,1H3. The first kappa shape index (κ1) is 26.6. The van der Waals surface area contributed by atoms with Crippen molar-refractivity contribution in [1.82, 2.24) is 14.4 Å². The van der Waals surface area contributed by atoms with Crippen molar-refractivity contribution >= 4 is 11.8 Å². The van der Waals surface area contributed by atoms with Crippen LogP contribution in [0.5, 0.6) is 0 Å². The van der Waals surface area contributed by atoms with Crippen molar-refractivity contribution < 1.29 is 18.7 Å². The summed E-state index contributed by atoms with van der Waals surface area (Å²) in [6.07, 6.45) is 6.89. The molecule has 37 heavy (non-hydrogen) atoms. The van der Waals surface area contributed by atoms with Crippen LogP contribution in [0.2, 0.25) is 0 Å². The molecule has 2 amide bonds. The molecule has 7 heteroatoms. The smallest absolute Gasteiger partial charge is 0.254 e. The molecule has 0 aliphatic heterocycles. The largest absolute Gasteiger partial charge is 0.383 e. The molecular weight excluding hydrogens is 469 g/mol. The minimum absolute atomic E-state index is 0.0281. The summed E-state index contributed by atoms with van der Waals surface area (Å²) >= 11 is 0. The molecule has 1 aromatic heterocycles. The van der Waals surface area contributed by atoms with E-state index >= 15 is 0 Å². The Labute approximate surface area is 218 Å². The Morgan fingerprint density at radius 1 is 1.00 bits per heavy atom. The van der Waals surface area contributed by atoms with Crippen LogP contribution < -0.4 is 0 Å². The quantitative estimate of drug-likeness (QED) is 0.363. The fourth-order valence-corrected chi connectivity index (χ4v) is 5.01. The zero-order valence-corrected chi connectivity index (χ0v) is 21.5. The Morgan fingerprint density at radius 3 is 2.51 bits per heavy atom. The van der Waals surface area contributed by atoms with Crippen molar-refractivity contribution in [3.05, 3.63) is 95.6 Å². The fraction of sp³-hybridized carbons (Fsp3) is 0.400. The zero-order valence-electron chi connectivity index (χ0n) is 21.5. The third kappa shape index (κ3) is 7.29. The molecule has 0 spiro atoms. The highest BCUT2D eigenvalue weighted by atomic mass is 19.1. The molecule has 1 fully saturated rings. The van der Waals surface area contributed by atoms with Crippen LogP contribution >= 0.6 is 0 Å². The number of ether oxygens (including phenoxy) is 1. The van der Waals surface area contributed by atoms with Gasteiger partial charge in [0.25, 0.3) is 5.91 Å². The van der Waals surface area contributed by atoms with Crippen LogP contribution in [0.4, 0.5) is 4.39 Å². The van der Waals surface area contributed by atoms with Gasteiger partial charge in [0, 0.05) is 43.7 Å². The second-order valence-electron chi connectivity index (χ2n) is 9.66. The molecule has 6 nitrogen and oxygen atoms in total. The minimum Gasteiger partial charge on any atom is -0.383 e. The lowest BCUT2D eigenvalue weighted by Crippen LogP contribution is -2.48. The predicted molar refractivity (Wildman–Crippen MR) is 142 cm³/mol. The minimum atomic E-state index is -0.457. The molecule has 1 aliphatic rings. The van der Waals surface area contributed by atoms with Crippen LogP contribution in [0.15, 0.2) is 72.9 Å². The molecule has 4 rings (SSSR count). The highest BCUT2D eigenvalue weighted by molar-refractivity contribution is 5.96. The number of amides is 2. The van der Waals surface area contributed by atoms with Gasteiger partial charge in [-0.05, 0) is 48.7 Å². The molecule has 0 saturated heterocycles. The third-order valence-corrected chi connectivity index (χ3v) is 7.04. The van der Waals surface area contributed by atoms with E-state index in [9.17, 15) is 14.0 Å². The maximum absolute atomic E-state index is 13.9. The average Bonchev–Trinajstić information content (AvgIpc) is 3.36. The summed E-state index contributed by atoms with van der Waals surface area (Å²) in [6.45, 7) is 1.89. The lowest BCUT2D eigenvalue weighted by Gasteiger charge is -2.35. The number of rotatable bonds is 11. The van der Waals surface area contributed by atoms with Crippen LogP contribution in [-0.4, -0.2) is 59.0 Å². The van der Waals surface area contributed by atoms with Gasteiger partial charge in [0.05, 0.1) is 13.2 Å². The summed E-state index contributed by atoms with van der Waals surface area (Å²) in [4.78, 5) is 30.6. The first-order valence-electron chi connectivity index (χ1n) is 13.1. The number of halogens is 1. The first-order chi connectivity index (χ1) is 18.0. The van der Waals surface area contributed by atoms with Gasteiger partial charge in [0.2, 0.25) is 5.91 Å². The summed E-state index contributed by atoms with van der Waals surface area (Å²) in [7, 11) is 1.61. The van der Waals surface area contributed by atoms with E-state index in [-0.39, 0.29) is 30.0 Å². The van der Waals surface area contributed by atoms with E-state index in [1.165, 1.54) is 23.8 Å². The van der Waals surface area contributed by atoms with Crippen LogP contribution in [0.1, 0.15) is 53.7 Å². The third-order valence-electron chi connectivity index (χ3n) is 7.04. The normalized spacial score (nSPS) is 13.9. The van der Waals surface area contributed by atoms with Gasteiger partial charge in [-0.1, -0.05) is 55.7 Å². The number of benzene rings is 2. The molecule has 0 unspecified atom stereocenters. The summed E-state index contributed by atoms with van der Waals surface area (Å²) in [5.74, 6) is -0.889. The van der Waals surface area contributed by atoms with E-state index in [1.54, 1.807) is 23.0 Å². The molecular formula is C30H36FN3O3. The van der Waals surface area contributed by atoms with Crippen molar-refractivity contribution in [3.63, 3.8) is 0 Å². The van der Waals surface area contributed by atoms with E-state index in [1.807, 2.05) is 36.5 Å². The van der Waals surface area contributed by atoms with Gasteiger partial charge in [0.1, 0.15) is 12.4 Å². The number of nitrogens with zero attached hydrogens (tertiary/aromatic N) is 3. The van der Waals surface area contributed by atoms with Crippen molar-refractivity contribution in [3.8, 4) is 0 Å². The molecule has 0 atom stereocenters. The van der Waals surface area contributed by atoms with Gasteiger partial charge in [-0.15, -0.1) is 0 Å². The highest BCUT2D eigenvalue weighted by Gasteiger charge is 2.30. The molecule has 2 aromatic carbocycles. The van der Waals surface area contributed by atoms with Crippen LogP contribution in [0.25, 0.3) is 0 Å². The van der Waals surface area contributed by atoms with Gasteiger partial charge in [-0.3, -0.25) is 9.59 Å². The number of carbonyl (C=O) groups excluding carboxylic acids is 2. The lowest BCUT2D eigenvalue weighted by molar-refractivity contribution is -0.133. The number of hydrogen-bond donors (Lipinski definition) is 0. The summed E-state index contributed by atoms with van der Waals surface area (Å²) in [5.41, 5.74) is 2.46. The van der Waals surface area contributed by atoms with Gasteiger partial charge in [-0.2, -0.15) is 0 Å². The Hall–Kier alpha value is -3.45. The predicted octanol–water partition coefficient (Wildman–Crippen LogP) is 5.13. The van der Waals surface area contributed by atoms with Crippen molar-refractivity contribution in [2.24, 2.45) is 0 Å². The molecule has 1 saturated carbocycles. The van der Waals surface area contributed by atoms with Gasteiger partial charge < -0.3 is 19.1 Å². The van der Waals surface area contributed by atoms with Crippen LogP contribution in [0.3, 0.4) is 0 Å². The monoisotopic (exact) mass is 505 g/mol. The van der Waals surface area contributed by atoms with E-state index in [0.29, 0.717) is 26.2 Å². The second-order valence-corrected chi connectivity index (χ2v) is 9.66. The number of aromatic nitrogens is 1. The van der Waals surface area contributed by atoms with Crippen LogP contribution in [-0.2, 0) is 22.6 Å². The zero-order chi connectivity index (χ0) is 26.0. The summed E-state index contributed by atoms with van der Waals surface area (Å²) in [6, 6.07) is 19.9. The van der Waals surface area contributed by atoms with Gasteiger partial charge in [-0.25, -0.2) is 4.39 Å². The van der Waals surface area contributed by atoms with E-state index in [4.69, 9.17) is 4.74 Å². The Bertz CT molecular complexity index is 1160. The Morgan fingerprint density at radius 2 is 1.78 bits per heavy atom. The SMILES string of the molecule is COCCN(Cc1cccn1Cc1ccccc1)C(=O)CN(C(=O)c1cccc(F)c1)C1CCCCC1. The number of methoxy groups -OCH3 is 1. The first-order valence-corrected chi connectivity index (χ1v) is 13.1. The molecule has 3 aromatic rings. The fourth-order valence-electron chi connectivity index (χ4n) is 5.01. The Kier molecular flexibility index (Phi) is 9.49. The maximum atomic E-state index is 13.9. The summed E-state index contributed by atoms with van der Waals surface area (Å²) in [5, 5.41) is 0.